The maximum absolute atomic E-state index is 13.2. The molecule has 3 N–H and O–H groups in total. The van der Waals surface area contributed by atoms with Crippen molar-refractivity contribution in [1.82, 2.24) is 19.6 Å². The van der Waals surface area contributed by atoms with Gasteiger partial charge in [-0.2, -0.15) is 0 Å². The molecule has 2 heterocycles. The zero-order valence-electron chi connectivity index (χ0n) is 21.2. The molecular formula is C27H29BrN6O3. The lowest BCUT2D eigenvalue weighted by atomic mass is 10.1. The minimum Gasteiger partial charge on any atom is -0.497 e. The van der Waals surface area contributed by atoms with Crippen molar-refractivity contribution in [2.24, 2.45) is 5.73 Å². The van der Waals surface area contributed by atoms with Crippen LogP contribution in [0.3, 0.4) is 0 Å². The monoisotopic (exact) mass is 564 g/mol. The topological polar surface area (TPSA) is 117 Å². The van der Waals surface area contributed by atoms with Gasteiger partial charge in [-0.1, -0.05) is 29.5 Å². The third-order valence-corrected chi connectivity index (χ3v) is 7.14. The van der Waals surface area contributed by atoms with E-state index in [1.165, 1.54) is 0 Å². The van der Waals surface area contributed by atoms with Crippen LogP contribution in [0, 0.1) is 20.8 Å². The molecule has 192 valence electrons. The van der Waals surface area contributed by atoms with Crippen molar-refractivity contribution in [2.75, 3.05) is 12.4 Å². The van der Waals surface area contributed by atoms with E-state index < -0.39 is 11.9 Å². The van der Waals surface area contributed by atoms with Gasteiger partial charge >= 0.3 is 0 Å². The number of nitrogens with two attached hydrogens (primary N) is 1. The van der Waals surface area contributed by atoms with Crippen LogP contribution < -0.4 is 21.3 Å². The number of aromatic nitrogens is 4. The smallest absolute Gasteiger partial charge is 0.274 e. The first kappa shape index (κ1) is 26.3. The molecule has 0 bridgehead atoms. The van der Waals surface area contributed by atoms with E-state index in [1.54, 1.807) is 29.5 Å². The lowest BCUT2D eigenvalue weighted by molar-refractivity contribution is -0.117. The molecular weight excluding hydrogens is 536 g/mol. The number of nitrogens with one attached hydrogen (secondary N) is 1. The van der Waals surface area contributed by atoms with Crippen molar-refractivity contribution in [3.05, 3.63) is 97.6 Å². The molecule has 0 saturated heterocycles. The predicted molar refractivity (Wildman–Crippen MR) is 146 cm³/mol. The summed E-state index contributed by atoms with van der Waals surface area (Å²) in [5.74, 6) is 0.308. The summed E-state index contributed by atoms with van der Waals surface area (Å²) in [4.78, 5) is 26.2. The van der Waals surface area contributed by atoms with Crippen LogP contribution in [0.15, 0.2) is 64.0 Å². The quantitative estimate of drug-likeness (QED) is 0.337. The Kier molecular flexibility index (Phi) is 7.89. The largest absolute Gasteiger partial charge is 0.497 e. The van der Waals surface area contributed by atoms with Gasteiger partial charge in [0, 0.05) is 10.7 Å². The lowest BCUT2D eigenvalue weighted by Gasteiger charge is -2.17. The van der Waals surface area contributed by atoms with Gasteiger partial charge in [-0.15, -0.1) is 5.10 Å². The van der Waals surface area contributed by atoms with E-state index in [0.717, 1.165) is 34.0 Å². The summed E-state index contributed by atoms with van der Waals surface area (Å²) in [6.07, 6.45) is 2.03. The number of benzene rings is 2. The fourth-order valence-corrected chi connectivity index (χ4v) is 4.34. The molecule has 4 aromatic rings. The highest BCUT2D eigenvalue weighted by molar-refractivity contribution is 9.10. The summed E-state index contributed by atoms with van der Waals surface area (Å²) in [6, 6.07) is 14.3. The molecule has 9 nitrogen and oxygen atoms in total. The summed E-state index contributed by atoms with van der Waals surface area (Å²) in [7, 11) is 1.60. The standard InChI is InChI=1S/C27H29BrN6O3/c1-16-23(28)15-33(14-20-7-11-22(37-4)12-8-20)27(36)25(16)30-26(35)24(29)13-19-5-9-21(10-6-19)34-18(3)17(2)31-32-34/h5-12,15,24H,13-14,29H2,1-4H3,(H,30,35)/t24-/m0/s1. The molecule has 0 aliphatic heterocycles. The summed E-state index contributed by atoms with van der Waals surface area (Å²) < 4.78 is 9.21. The number of anilines is 1. The first-order chi connectivity index (χ1) is 17.7. The molecule has 4 rings (SSSR count). The number of rotatable bonds is 8. The van der Waals surface area contributed by atoms with Crippen molar-refractivity contribution in [3.8, 4) is 11.4 Å². The Morgan fingerprint density at radius 1 is 1.08 bits per heavy atom. The molecule has 2 aromatic heterocycles. The zero-order chi connectivity index (χ0) is 26.7. The molecule has 1 amide bonds. The SMILES string of the molecule is COc1ccc(Cn2cc(Br)c(C)c(NC(=O)[C@@H](N)Cc3ccc(-n4nnc(C)c4C)cc3)c2=O)cc1. The Balaban J connectivity index is 1.48. The molecule has 0 spiro atoms. The third kappa shape index (κ3) is 5.81. The van der Waals surface area contributed by atoms with Crippen LogP contribution in [0.25, 0.3) is 5.69 Å². The Bertz CT molecular complexity index is 1480. The van der Waals surface area contributed by atoms with Crippen LogP contribution in [-0.4, -0.2) is 38.6 Å². The predicted octanol–water partition coefficient (Wildman–Crippen LogP) is 3.68. The van der Waals surface area contributed by atoms with Crippen molar-refractivity contribution in [1.29, 1.82) is 0 Å². The van der Waals surface area contributed by atoms with Crippen LogP contribution >= 0.6 is 15.9 Å². The van der Waals surface area contributed by atoms with Gasteiger partial charge in [-0.3, -0.25) is 9.59 Å². The van der Waals surface area contributed by atoms with E-state index in [-0.39, 0.29) is 11.2 Å². The summed E-state index contributed by atoms with van der Waals surface area (Å²) in [6.45, 7) is 5.98. The highest BCUT2D eigenvalue weighted by Gasteiger charge is 2.19. The van der Waals surface area contributed by atoms with Gasteiger partial charge in [0.2, 0.25) is 5.91 Å². The maximum atomic E-state index is 13.2. The van der Waals surface area contributed by atoms with Crippen LogP contribution in [-0.2, 0) is 17.8 Å². The molecule has 0 saturated carbocycles. The molecule has 0 fully saturated rings. The molecule has 0 aliphatic carbocycles. The van der Waals surface area contributed by atoms with Gasteiger partial charge in [0.15, 0.2) is 0 Å². The molecule has 0 unspecified atom stereocenters. The summed E-state index contributed by atoms with van der Waals surface area (Å²) in [5, 5.41) is 11.0. The Hall–Kier alpha value is -3.76. The number of halogens is 1. The number of amides is 1. The third-order valence-electron chi connectivity index (χ3n) is 6.34. The van der Waals surface area contributed by atoms with E-state index >= 15 is 0 Å². The lowest BCUT2D eigenvalue weighted by Crippen LogP contribution is -2.39. The van der Waals surface area contributed by atoms with Gasteiger partial charge in [0.05, 0.1) is 36.8 Å². The average Bonchev–Trinajstić information content (AvgIpc) is 3.23. The van der Waals surface area contributed by atoms with Gasteiger partial charge in [-0.05, 0) is 84.1 Å². The minimum absolute atomic E-state index is 0.204. The Morgan fingerprint density at radius 3 is 2.32 bits per heavy atom. The number of carbonyl (C=O) groups is 1. The molecule has 2 aromatic carbocycles. The fraction of sp³-hybridized carbons (Fsp3) is 0.259. The number of hydrogen-bond donors (Lipinski definition) is 2. The van der Waals surface area contributed by atoms with Crippen molar-refractivity contribution in [2.45, 2.75) is 39.8 Å². The molecule has 10 heteroatoms. The summed E-state index contributed by atoms with van der Waals surface area (Å²) >= 11 is 3.51. The highest BCUT2D eigenvalue weighted by Crippen LogP contribution is 2.22. The normalized spacial score (nSPS) is 11.8. The number of aryl methyl sites for hydroxylation is 1. The number of methoxy groups -OCH3 is 1. The number of pyridine rings is 1. The summed E-state index contributed by atoms with van der Waals surface area (Å²) in [5.41, 5.74) is 11.3. The number of hydrogen-bond acceptors (Lipinski definition) is 6. The fourth-order valence-electron chi connectivity index (χ4n) is 3.89. The van der Waals surface area contributed by atoms with E-state index in [1.807, 2.05) is 62.4 Å². The van der Waals surface area contributed by atoms with E-state index in [2.05, 4.69) is 31.6 Å². The Labute approximate surface area is 223 Å². The highest BCUT2D eigenvalue weighted by atomic mass is 79.9. The van der Waals surface area contributed by atoms with Crippen molar-refractivity contribution >= 4 is 27.5 Å². The molecule has 37 heavy (non-hydrogen) atoms. The minimum atomic E-state index is -0.839. The average molecular weight is 565 g/mol. The second kappa shape index (κ2) is 11.1. The van der Waals surface area contributed by atoms with Gasteiger partial charge < -0.3 is 20.4 Å². The maximum Gasteiger partial charge on any atom is 0.274 e. The number of nitrogens with zero attached hydrogens (tertiary/aromatic N) is 4. The van der Waals surface area contributed by atoms with E-state index in [4.69, 9.17) is 10.5 Å². The zero-order valence-corrected chi connectivity index (χ0v) is 22.7. The van der Waals surface area contributed by atoms with Crippen LogP contribution in [0.4, 0.5) is 5.69 Å². The van der Waals surface area contributed by atoms with Crippen LogP contribution in [0.5, 0.6) is 5.75 Å². The second-order valence-electron chi connectivity index (χ2n) is 8.90. The van der Waals surface area contributed by atoms with Crippen LogP contribution in [0.2, 0.25) is 0 Å². The number of ether oxygens (including phenoxy) is 1. The first-order valence-corrected chi connectivity index (χ1v) is 12.5. The Morgan fingerprint density at radius 2 is 1.73 bits per heavy atom. The molecule has 0 radical (unpaired) electrons. The van der Waals surface area contributed by atoms with Crippen LogP contribution in [0.1, 0.15) is 28.1 Å². The van der Waals surface area contributed by atoms with Crippen molar-refractivity contribution in [3.63, 3.8) is 0 Å². The molecule has 0 aliphatic rings. The van der Waals surface area contributed by atoms with Crippen molar-refractivity contribution < 1.29 is 9.53 Å². The van der Waals surface area contributed by atoms with E-state index in [0.29, 0.717) is 23.0 Å². The van der Waals surface area contributed by atoms with E-state index in [9.17, 15) is 9.59 Å². The number of carbonyl (C=O) groups excluding carboxylic acids is 1. The molecule has 1 atom stereocenters. The van der Waals surface area contributed by atoms with Gasteiger partial charge in [0.1, 0.15) is 11.4 Å². The van der Waals surface area contributed by atoms with Gasteiger partial charge in [-0.25, -0.2) is 4.68 Å². The van der Waals surface area contributed by atoms with Gasteiger partial charge in [0.25, 0.3) is 5.56 Å². The first-order valence-electron chi connectivity index (χ1n) is 11.7. The second-order valence-corrected chi connectivity index (χ2v) is 9.75.